The summed E-state index contributed by atoms with van der Waals surface area (Å²) in [7, 11) is 3.66. The smallest absolute Gasteiger partial charge is 0.146 e. The van der Waals surface area contributed by atoms with E-state index in [0.29, 0.717) is 5.69 Å². The molecular weight excluding hydrogens is 381 g/mol. The number of anilines is 1. The van der Waals surface area contributed by atoms with Crippen LogP contribution in [0.3, 0.4) is 0 Å². The van der Waals surface area contributed by atoms with Gasteiger partial charge in [0, 0.05) is 24.7 Å². The lowest BCUT2D eigenvalue weighted by Gasteiger charge is -2.15. The second kappa shape index (κ2) is 11.8. The van der Waals surface area contributed by atoms with Crippen LogP contribution >= 0.6 is 11.8 Å². The Labute approximate surface area is 180 Å². The molecule has 1 atom stereocenters. The van der Waals surface area contributed by atoms with Gasteiger partial charge in [0.1, 0.15) is 11.2 Å². The first-order valence-corrected chi connectivity index (χ1v) is 11.0. The van der Waals surface area contributed by atoms with E-state index in [1.54, 1.807) is 30.9 Å². The summed E-state index contributed by atoms with van der Waals surface area (Å²) in [5.41, 5.74) is 7.27. The lowest BCUT2D eigenvalue weighted by Crippen LogP contribution is -2.14. The quantitative estimate of drug-likeness (QED) is 0.457. The minimum absolute atomic E-state index is 0.0120. The maximum Gasteiger partial charge on any atom is 0.146 e. The average molecular weight is 418 g/mol. The average Bonchev–Trinajstić information content (AvgIpc) is 3.18. The Morgan fingerprint density at radius 1 is 1.14 bits per heavy atom. The van der Waals surface area contributed by atoms with E-state index < -0.39 is 0 Å². The van der Waals surface area contributed by atoms with Gasteiger partial charge in [-0.15, -0.1) is 0 Å². The number of thioether (sulfide) groups is 1. The van der Waals surface area contributed by atoms with Crippen LogP contribution in [0.15, 0.2) is 63.4 Å². The van der Waals surface area contributed by atoms with Gasteiger partial charge in [-0.1, -0.05) is 49.4 Å². The van der Waals surface area contributed by atoms with Crippen molar-refractivity contribution in [1.82, 2.24) is 10.6 Å². The fraction of sp³-hybridized carbons (Fsp3) is 0.417. The third-order valence-electron chi connectivity index (χ3n) is 4.65. The van der Waals surface area contributed by atoms with E-state index in [4.69, 9.17) is 0 Å². The van der Waals surface area contributed by atoms with E-state index in [1.807, 2.05) is 40.0 Å². The minimum Gasteiger partial charge on any atom is -0.391 e. The second-order valence-electron chi connectivity index (χ2n) is 6.75. The Morgan fingerprint density at radius 2 is 1.79 bits per heavy atom. The first-order chi connectivity index (χ1) is 13.8. The maximum absolute atomic E-state index is 14.2. The monoisotopic (exact) mass is 417 g/mol. The molecule has 5 heteroatoms. The Bertz CT molecular complexity index is 831. The molecule has 1 aliphatic rings. The van der Waals surface area contributed by atoms with Crippen molar-refractivity contribution in [2.75, 3.05) is 19.4 Å². The molecule has 1 aromatic carbocycles. The van der Waals surface area contributed by atoms with Crippen LogP contribution in [0.1, 0.15) is 59.4 Å². The fourth-order valence-corrected chi connectivity index (χ4v) is 4.33. The van der Waals surface area contributed by atoms with Crippen LogP contribution in [-0.4, -0.2) is 14.1 Å². The zero-order valence-corrected chi connectivity index (χ0v) is 20.1. The van der Waals surface area contributed by atoms with Gasteiger partial charge in [0.2, 0.25) is 0 Å². The molecule has 3 nitrogen and oxygen atoms in total. The van der Waals surface area contributed by atoms with Crippen LogP contribution in [0.25, 0.3) is 0 Å². The number of benzene rings is 1. The number of allylic oxidation sites excluding steroid dienone is 6. The van der Waals surface area contributed by atoms with Crippen LogP contribution in [-0.2, 0) is 0 Å². The molecule has 2 rings (SSSR count). The maximum atomic E-state index is 14.2. The highest BCUT2D eigenvalue weighted by atomic mass is 32.2. The predicted octanol–water partition coefficient (Wildman–Crippen LogP) is 6.87. The largest absolute Gasteiger partial charge is 0.391 e. The highest BCUT2D eigenvalue weighted by Crippen LogP contribution is 2.46. The number of rotatable bonds is 5. The highest BCUT2D eigenvalue weighted by Gasteiger charge is 2.29. The lowest BCUT2D eigenvalue weighted by molar-refractivity contribution is 0.627. The second-order valence-corrected chi connectivity index (χ2v) is 7.86. The van der Waals surface area contributed by atoms with E-state index in [9.17, 15) is 4.39 Å². The molecule has 0 aromatic heterocycles. The fourth-order valence-electron chi connectivity index (χ4n) is 3.07. The summed E-state index contributed by atoms with van der Waals surface area (Å²) >= 11 is 1.74. The van der Waals surface area contributed by atoms with E-state index in [-0.39, 0.29) is 11.2 Å². The molecule has 1 aliphatic heterocycles. The molecule has 0 saturated carbocycles. The molecular formula is C24H36FN3S. The van der Waals surface area contributed by atoms with Gasteiger partial charge in [0.05, 0.1) is 11.4 Å². The molecule has 1 unspecified atom stereocenters. The standard InChI is InChI=1S/C22H30FN3S.C2H6/c1-8-9-17(15(5)24-6)14(4)20-21(13(2)3)27-22(26-20)16-10-11-19(25-7)18(23)12-16;1-2/h8-12,22,24-26H,1-7H3;1-2H3/b9-8-,17-15+,20-14+;. The van der Waals surface area contributed by atoms with Crippen molar-refractivity contribution in [3.63, 3.8) is 0 Å². The molecule has 0 amide bonds. The molecule has 1 saturated heterocycles. The molecule has 1 heterocycles. The Hall–Kier alpha value is -2.14. The molecule has 0 bridgehead atoms. The predicted molar refractivity (Wildman–Crippen MR) is 128 cm³/mol. The first kappa shape index (κ1) is 24.9. The summed E-state index contributed by atoms with van der Waals surface area (Å²) in [6, 6.07) is 5.38. The van der Waals surface area contributed by atoms with Crippen molar-refractivity contribution >= 4 is 17.4 Å². The van der Waals surface area contributed by atoms with Gasteiger partial charge in [0.15, 0.2) is 0 Å². The van der Waals surface area contributed by atoms with E-state index in [2.05, 4.69) is 49.7 Å². The van der Waals surface area contributed by atoms with Gasteiger partial charge in [-0.3, -0.25) is 0 Å². The SMILES string of the molecule is CC.C\C=C/C(=C(/C)NC)C(/C)=C1/NC(c2ccc(NC)c(F)c2)SC1=C(C)C. The third-order valence-corrected chi connectivity index (χ3v) is 6.12. The van der Waals surface area contributed by atoms with Gasteiger partial charge >= 0.3 is 0 Å². The topological polar surface area (TPSA) is 36.1 Å². The molecule has 0 radical (unpaired) electrons. The van der Waals surface area contributed by atoms with Crippen LogP contribution in [0.4, 0.5) is 10.1 Å². The third kappa shape index (κ3) is 5.92. The van der Waals surface area contributed by atoms with Crippen molar-refractivity contribution in [2.24, 2.45) is 0 Å². The van der Waals surface area contributed by atoms with E-state index >= 15 is 0 Å². The van der Waals surface area contributed by atoms with Crippen molar-refractivity contribution in [3.8, 4) is 0 Å². The molecule has 29 heavy (non-hydrogen) atoms. The number of hydrogen-bond acceptors (Lipinski definition) is 4. The van der Waals surface area contributed by atoms with Gasteiger partial charge in [-0.05, 0) is 63.5 Å². The summed E-state index contributed by atoms with van der Waals surface area (Å²) in [4.78, 5) is 1.22. The lowest BCUT2D eigenvalue weighted by atomic mass is 10.0. The normalized spacial score (nSPS) is 18.6. The highest BCUT2D eigenvalue weighted by molar-refractivity contribution is 8.03. The van der Waals surface area contributed by atoms with Crippen LogP contribution < -0.4 is 16.0 Å². The molecule has 160 valence electrons. The molecule has 3 N–H and O–H groups in total. The zero-order valence-electron chi connectivity index (χ0n) is 19.3. The molecule has 1 aromatic rings. The van der Waals surface area contributed by atoms with Crippen molar-refractivity contribution < 1.29 is 4.39 Å². The zero-order chi connectivity index (χ0) is 22.1. The van der Waals surface area contributed by atoms with E-state index in [1.165, 1.54) is 21.6 Å². The summed E-state index contributed by atoms with van der Waals surface area (Å²) in [6.07, 6.45) is 4.17. The van der Waals surface area contributed by atoms with E-state index in [0.717, 1.165) is 17.0 Å². The Kier molecular flexibility index (Phi) is 10.1. The minimum atomic E-state index is -0.231. The van der Waals surface area contributed by atoms with Crippen LogP contribution in [0.5, 0.6) is 0 Å². The van der Waals surface area contributed by atoms with Gasteiger partial charge in [0.25, 0.3) is 0 Å². The summed E-state index contributed by atoms with van der Waals surface area (Å²) in [5.74, 6) is -0.231. The molecule has 1 fully saturated rings. The van der Waals surface area contributed by atoms with Crippen molar-refractivity contribution in [3.05, 3.63) is 74.8 Å². The number of halogens is 1. The molecule has 0 spiro atoms. The van der Waals surface area contributed by atoms with Crippen molar-refractivity contribution in [1.29, 1.82) is 0 Å². The van der Waals surface area contributed by atoms with Gasteiger partial charge < -0.3 is 16.0 Å². The number of hydrogen-bond donors (Lipinski definition) is 3. The number of nitrogens with one attached hydrogen (secondary N) is 3. The summed E-state index contributed by atoms with van der Waals surface area (Å²) < 4.78 is 14.2. The van der Waals surface area contributed by atoms with Gasteiger partial charge in [-0.25, -0.2) is 4.39 Å². The summed E-state index contributed by atoms with van der Waals surface area (Å²) in [5, 5.41) is 9.73. The Morgan fingerprint density at radius 3 is 2.28 bits per heavy atom. The Balaban J connectivity index is 0.00000204. The van der Waals surface area contributed by atoms with Crippen LogP contribution in [0.2, 0.25) is 0 Å². The first-order valence-electron chi connectivity index (χ1n) is 10.1. The van der Waals surface area contributed by atoms with Gasteiger partial charge in [-0.2, -0.15) is 0 Å². The molecule has 0 aliphatic carbocycles. The van der Waals surface area contributed by atoms with Crippen molar-refractivity contribution in [2.45, 2.75) is 53.8 Å². The summed E-state index contributed by atoms with van der Waals surface area (Å²) in [6.45, 7) is 14.5. The van der Waals surface area contributed by atoms with Crippen LogP contribution in [0, 0.1) is 5.82 Å².